The summed E-state index contributed by atoms with van der Waals surface area (Å²) in [5.74, 6) is -0.829. The van der Waals surface area contributed by atoms with E-state index >= 15 is 0 Å². The van der Waals surface area contributed by atoms with Crippen molar-refractivity contribution in [3.05, 3.63) is 64.9 Å². The molecule has 0 saturated carbocycles. The number of aromatic nitrogens is 1. The number of nitrogens with one attached hydrogen (secondary N) is 1. The van der Waals surface area contributed by atoms with E-state index in [9.17, 15) is 14.3 Å². The van der Waals surface area contributed by atoms with Crippen LogP contribution in [-0.2, 0) is 4.79 Å². The van der Waals surface area contributed by atoms with Crippen LogP contribution in [0.15, 0.2) is 53.6 Å². The lowest BCUT2D eigenvalue weighted by molar-refractivity contribution is -0.127. The van der Waals surface area contributed by atoms with Crippen molar-refractivity contribution in [1.29, 1.82) is 0 Å². The minimum atomic E-state index is -0.918. The van der Waals surface area contributed by atoms with Crippen molar-refractivity contribution in [2.45, 2.75) is 26.9 Å². The lowest BCUT2D eigenvalue weighted by Crippen LogP contribution is -2.34. The van der Waals surface area contributed by atoms with Gasteiger partial charge >= 0.3 is 0 Å². The predicted molar refractivity (Wildman–Crippen MR) is 111 cm³/mol. The fraction of sp³-hybridized carbons (Fsp3) is 0.190. The second kappa shape index (κ2) is 8.83. The number of hydrogen-bond donors (Lipinski definition) is 2. The van der Waals surface area contributed by atoms with Gasteiger partial charge < -0.3 is 9.84 Å². The second-order valence-electron chi connectivity index (χ2n) is 6.34. The van der Waals surface area contributed by atoms with Gasteiger partial charge in [-0.15, -0.1) is 11.3 Å². The molecule has 3 rings (SSSR count). The normalized spacial score (nSPS) is 12.5. The van der Waals surface area contributed by atoms with Crippen molar-refractivity contribution >= 4 is 23.0 Å². The molecular weight excluding hydrogens is 393 g/mol. The molecule has 0 fully saturated rings. The van der Waals surface area contributed by atoms with Crippen molar-refractivity contribution in [2.24, 2.45) is 5.10 Å². The van der Waals surface area contributed by atoms with Crippen LogP contribution in [0.3, 0.4) is 0 Å². The standard InChI is InChI=1S/C21H20FN3O3S/c1-12-19(29-21(23-12)15-8-10-16(26)11-9-15)13(2)24-25-20(27)14(3)28-18-7-5-4-6-17(18)22/h4-11,14,26H,1-3H3,(H,25,27)/b24-13+/t14-/m1/s1. The van der Waals surface area contributed by atoms with E-state index in [1.54, 1.807) is 43.3 Å². The summed E-state index contributed by atoms with van der Waals surface area (Å²) in [6, 6.07) is 12.7. The Kier molecular flexibility index (Phi) is 6.23. The summed E-state index contributed by atoms with van der Waals surface area (Å²) in [5, 5.41) is 14.3. The number of thiazole rings is 1. The molecule has 1 atom stereocenters. The number of carbonyl (C=O) groups excluding carboxylic acids is 1. The van der Waals surface area contributed by atoms with Gasteiger partial charge in [-0.1, -0.05) is 12.1 Å². The molecule has 150 valence electrons. The molecule has 6 nitrogen and oxygen atoms in total. The number of nitrogens with zero attached hydrogens (tertiary/aromatic N) is 2. The maximum absolute atomic E-state index is 13.7. The Morgan fingerprint density at radius 2 is 1.93 bits per heavy atom. The monoisotopic (exact) mass is 413 g/mol. The Hall–Kier alpha value is -3.26. The average molecular weight is 413 g/mol. The highest BCUT2D eigenvalue weighted by Gasteiger charge is 2.17. The molecule has 3 aromatic rings. The molecule has 0 saturated heterocycles. The molecule has 0 aliphatic rings. The van der Waals surface area contributed by atoms with Gasteiger partial charge in [-0.3, -0.25) is 4.79 Å². The number of hydrazone groups is 1. The first-order valence-electron chi connectivity index (χ1n) is 8.87. The number of benzene rings is 2. The fourth-order valence-corrected chi connectivity index (χ4v) is 3.54. The summed E-state index contributed by atoms with van der Waals surface area (Å²) < 4.78 is 19.0. The van der Waals surface area contributed by atoms with Crippen LogP contribution in [0.5, 0.6) is 11.5 Å². The summed E-state index contributed by atoms with van der Waals surface area (Å²) in [6.45, 7) is 5.15. The van der Waals surface area contributed by atoms with Gasteiger partial charge in [0.15, 0.2) is 17.7 Å². The largest absolute Gasteiger partial charge is 0.508 e. The first-order valence-corrected chi connectivity index (χ1v) is 9.69. The summed E-state index contributed by atoms with van der Waals surface area (Å²) in [5.41, 5.74) is 4.71. The highest BCUT2D eigenvalue weighted by atomic mass is 32.1. The zero-order valence-electron chi connectivity index (χ0n) is 16.1. The minimum Gasteiger partial charge on any atom is -0.508 e. The van der Waals surface area contributed by atoms with E-state index in [1.807, 2.05) is 6.92 Å². The van der Waals surface area contributed by atoms with E-state index in [4.69, 9.17) is 4.74 Å². The molecule has 1 amide bonds. The third-order valence-corrected chi connectivity index (χ3v) is 5.40. The number of phenolic OH excluding ortho intramolecular Hbond substituents is 1. The van der Waals surface area contributed by atoms with Crippen LogP contribution in [0.4, 0.5) is 4.39 Å². The van der Waals surface area contributed by atoms with E-state index in [2.05, 4.69) is 15.5 Å². The highest BCUT2D eigenvalue weighted by Crippen LogP contribution is 2.29. The molecule has 0 unspecified atom stereocenters. The third-order valence-electron chi connectivity index (χ3n) is 4.08. The van der Waals surface area contributed by atoms with Gasteiger partial charge in [0.05, 0.1) is 16.3 Å². The van der Waals surface area contributed by atoms with Crippen molar-refractivity contribution in [3.63, 3.8) is 0 Å². The summed E-state index contributed by atoms with van der Waals surface area (Å²) >= 11 is 1.44. The van der Waals surface area contributed by atoms with E-state index in [0.717, 1.165) is 21.1 Å². The smallest absolute Gasteiger partial charge is 0.280 e. The lowest BCUT2D eigenvalue weighted by atomic mass is 10.2. The number of phenols is 1. The highest BCUT2D eigenvalue weighted by molar-refractivity contribution is 7.17. The maximum atomic E-state index is 13.7. The van der Waals surface area contributed by atoms with Crippen molar-refractivity contribution < 1.29 is 19.0 Å². The average Bonchev–Trinajstić information content (AvgIpc) is 3.09. The molecule has 0 aliphatic carbocycles. The number of aromatic hydroxyl groups is 1. The van der Waals surface area contributed by atoms with Crippen molar-refractivity contribution in [3.8, 4) is 22.1 Å². The van der Waals surface area contributed by atoms with Crippen LogP contribution >= 0.6 is 11.3 Å². The van der Waals surface area contributed by atoms with E-state index in [-0.39, 0.29) is 11.5 Å². The van der Waals surface area contributed by atoms with Gasteiger partial charge in [0.25, 0.3) is 5.91 Å². The number of carbonyl (C=O) groups is 1. The van der Waals surface area contributed by atoms with Gasteiger partial charge in [0.1, 0.15) is 10.8 Å². The Balaban J connectivity index is 1.68. The lowest BCUT2D eigenvalue weighted by Gasteiger charge is -2.13. The number of amides is 1. The van der Waals surface area contributed by atoms with E-state index < -0.39 is 17.8 Å². The van der Waals surface area contributed by atoms with Crippen LogP contribution in [0.1, 0.15) is 24.4 Å². The van der Waals surface area contributed by atoms with Gasteiger partial charge in [-0.25, -0.2) is 14.8 Å². The number of aryl methyl sites for hydroxylation is 1. The van der Waals surface area contributed by atoms with Gasteiger partial charge in [-0.05, 0) is 57.2 Å². The molecule has 0 radical (unpaired) electrons. The maximum Gasteiger partial charge on any atom is 0.280 e. The molecule has 0 bridgehead atoms. The van der Waals surface area contributed by atoms with Crippen LogP contribution < -0.4 is 10.2 Å². The number of para-hydroxylation sites is 1. The summed E-state index contributed by atoms with van der Waals surface area (Å²) in [6.07, 6.45) is -0.918. The Morgan fingerprint density at radius 1 is 1.24 bits per heavy atom. The molecular formula is C21H20FN3O3S. The molecule has 29 heavy (non-hydrogen) atoms. The first-order chi connectivity index (χ1) is 13.8. The quantitative estimate of drug-likeness (QED) is 0.467. The molecule has 8 heteroatoms. The number of ether oxygens (including phenoxy) is 1. The second-order valence-corrected chi connectivity index (χ2v) is 7.34. The van der Waals surface area contributed by atoms with Gasteiger partial charge in [-0.2, -0.15) is 5.10 Å². The van der Waals surface area contributed by atoms with Crippen molar-refractivity contribution in [2.75, 3.05) is 0 Å². The van der Waals surface area contributed by atoms with Gasteiger partial charge in [0.2, 0.25) is 0 Å². The predicted octanol–water partition coefficient (Wildman–Crippen LogP) is 4.27. The Bertz CT molecular complexity index is 1050. The zero-order chi connectivity index (χ0) is 21.0. The molecule has 0 aliphatic heterocycles. The zero-order valence-corrected chi connectivity index (χ0v) is 17.0. The topological polar surface area (TPSA) is 83.8 Å². The van der Waals surface area contributed by atoms with Crippen LogP contribution in [-0.4, -0.2) is 27.8 Å². The van der Waals surface area contributed by atoms with Crippen molar-refractivity contribution in [1.82, 2.24) is 10.4 Å². The first kappa shape index (κ1) is 20.5. The number of hydrogen-bond acceptors (Lipinski definition) is 6. The summed E-state index contributed by atoms with van der Waals surface area (Å²) in [4.78, 5) is 17.6. The SMILES string of the molecule is C/C(=N\NC(=O)[C@@H](C)Oc1ccccc1F)c1sc(-c2ccc(O)cc2)nc1C. The fourth-order valence-electron chi connectivity index (χ4n) is 2.52. The molecule has 1 aromatic heterocycles. The van der Waals surface area contributed by atoms with Gasteiger partial charge in [0, 0.05) is 5.56 Å². The minimum absolute atomic E-state index is 0.00712. The molecule has 2 N–H and O–H groups in total. The molecule has 1 heterocycles. The van der Waals surface area contributed by atoms with E-state index in [1.165, 1.54) is 30.4 Å². The molecule has 0 spiro atoms. The Morgan fingerprint density at radius 3 is 2.62 bits per heavy atom. The van der Waals surface area contributed by atoms with Crippen LogP contribution in [0, 0.1) is 12.7 Å². The molecule has 2 aromatic carbocycles. The van der Waals surface area contributed by atoms with Crippen LogP contribution in [0.2, 0.25) is 0 Å². The van der Waals surface area contributed by atoms with E-state index in [0.29, 0.717) is 5.71 Å². The Labute approximate surface area is 171 Å². The summed E-state index contributed by atoms with van der Waals surface area (Å²) in [7, 11) is 0. The third kappa shape index (κ3) is 4.97. The number of rotatable bonds is 6. The number of halogens is 1. The van der Waals surface area contributed by atoms with Crippen LogP contribution in [0.25, 0.3) is 10.6 Å².